The van der Waals surface area contributed by atoms with Gasteiger partial charge in [0.1, 0.15) is 18.8 Å². The van der Waals surface area contributed by atoms with Gasteiger partial charge in [-0.25, -0.2) is 0 Å². The van der Waals surface area contributed by atoms with Crippen molar-refractivity contribution in [1.82, 2.24) is 0 Å². The second-order valence-electron chi connectivity index (χ2n) is 5.73. The van der Waals surface area contributed by atoms with Crippen LogP contribution in [0.25, 0.3) is 0 Å². The Morgan fingerprint density at radius 1 is 1.33 bits per heavy atom. The largest absolute Gasteiger partial charge is 0.368 e. The maximum absolute atomic E-state index is 11.0. The Morgan fingerprint density at radius 2 is 2.00 bits per heavy atom. The minimum atomic E-state index is -0.412. The smallest absolute Gasteiger partial charge is 0.169 e. The first-order valence-electron chi connectivity index (χ1n) is 6.82. The van der Waals surface area contributed by atoms with Gasteiger partial charge in [-0.3, -0.25) is 4.79 Å². The maximum atomic E-state index is 11.0. The fourth-order valence-electron chi connectivity index (χ4n) is 3.35. The van der Waals surface area contributed by atoms with Gasteiger partial charge in [0.2, 0.25) is 0 Å². The van der Waals surface area contributed by atoms with E-state index in [0.717, 1.165) is 25.7 Å². The topological polar surface area (TPSA) is 70.8 Å². The molecule has 0 amide bonds. The molecule has 0 radical (unpaired) electrons. The molecule has 5 heteroatoms. The van der Waals surface area contributed by atoms with Crippen molar-refractivity contribution in [2.45, 2.75) is 69.2 Å². The van der Waals surface area contributed by atoms with Gasteiger partial charge in [0.25, 0.3) is 0 Å². The van der Waals surface area contributed by atoms with Crippen LogP contribution in [0.4, 0.5) is 0 Å². The summed E-state index contributed by atoms with van der Waals surface area (Å²) >= 11 is 0. The lowest BCUT2D eigenvalue weighted by molar-refractivity contribution is -0.187. The van der Waals surface area contributed by atoms with Gasteiger partial charge in [-0.1, -0.05) is 0 Å². The Morgan fingerprint density at radius 3 is 2.67 bits per heavy atom. The molecule has 4 atom stereocenters. The highest BCUT2D eigenvalue weighted by molar-refractivity contribution is 5.76. The fourth-order valence-corrected chi connectivity index (χ4v) is 3.35. The third-order valence-corrected chi connectivity index (χ3v) is 4.18. The quantitative estimate of drug-likeness (QED) is 0.805. The molecule has 3 fully saturated rings. The van der Waals surface area contributed by atoms with E-state index in [1.807, 2.05) is 0 Å². The molecule has 2 N–H and O–H groups in total. The molecule has 1 aliphatic heterocycles. The van der Waals surface area contributed by atoms with Gasteiger partial charge in [0, 0.05) is 18.9 Å². The lowest BCUT2D eigenvalue weighted by Gasteiger charge is -2.25. The first-order chi connectivity index (χ1) is 8.60. The molecule has 3 rings (SSSR count). The van der Waals surface area contributed by atoms with Crippen LogP contribution in [0.5, 0.6) is 0 Å². The van der Waals surface area contributed by atoms with Gasteiger partial charge in [0.15, 0.2) is 11.6 Å². The van der Waals surface area contributed by atoms with Crippen LogP contribution >= 0.6 is 0 Å². The zero-order chi connectivity index (χ0) is 12.8. The number of ketones is 1. The van der Waals surface area contributed by atoms with Crippen LogP contribution in [0, 0.1) is 0 Å². The number of rotatable bonds is 3. The van der Waals surface area contributed by atoms with E-state index in [1.54, 1.807) is 0 Å². The lowest BCUT2D eigenvalue weighted by atomic mass is 10.2. The first-order valence-corrected chi connectivity index (χ1v) is 6.82. The highest BCUT2D eigenvalue weighted by Crippen LogP contribution is 2.46. The van der Waals surface area contributed by atoms with E-state index in [-0.39, 0.29) is 36.7 Å². The standard InChI is InChI=1S/C13H21NO4/c1-8(15)7-16-10-6-9(14)11-12(10)18-13(17-11)4-2-3-5-13/h9-12H,2-7,14H2,1H3/t9-,10+,11+,12-/m1/s1. The third-order valence-electron chi connectivity index (χ3n) is 4.18. The highest BCUT2D eigenvalue weighted by atomic mass is 16.8. The van der Waals surface area contributed by atoms with Crippen LogP contribution in [0.1, 0.15) is 39.0 Å². The lowest BCUT2D eigenvalue weighted by Crippen LogP contribution is -2.35. The van der Waals surface area contributed by atoms with Crippen molar-refractivity contribution < 1.29 is 19.0 Å². The number of hydrogen-bond acceptors (Lipinski definition) is 5. The van der Waals surface area contributed by atoms with Crippen LogP contribution in [-0.4, -0.2) is 42.5 Å². The Kier molecular flexibility index (Phi) is 3.18. The summed E-state index contributed by atoms with van der Waals surface area (Å²) in [5, 5.41) is 0. The minimum Gasteiger partial charge on any atom is -0.368 e. The average molecular weight is 255 g/mol. The van der Waals surface area contributed by atoms with Crippen LogP contribution in [0.15, 0.2) is 0 Å². The van der Waals surface area contributed by atoms with Crippen LogP contribution in [-0.2, 0) is 19.0 Å². The average Bonchev–Trinajstić information content (AvgIpc) is 2.98. The number of ether oxygens (including phenoxy) is 3. The molecule has 0 aromatic carbocycles. The molecule has 2 aliphatic carbocycles. The van der Waals surface area contributed by atoms with Crippen LogP contribution in [0.3, 0.4) is 0 Å². The number of nitrogens with two attached hydrogens (primary N) is 1. The zero-order valence-electron chi connectivity index (χ0n) is 10.8. The monoisotopic (exact) mass is 255 g/mol. The molecule has 1 spiro atoms. The van der Waals surface area contributed by atoms with Gasteiger partial charge in [0.05, 0.1) is 6.10 Å². The second kappa shape index (κ2) is 4.56. The van der Waals surface area contributed by atoms with E-state index in [2.05, 4.69) is 0 Å². The molecular weight excluding hydrogens is 234 g/mol. The predicted octanol–water partition coefficient (Wildman–Crippen LogP) is 0.746. The molecular formula is C13H21NO4. The molecule has 1 heterocycles. The molecule has 0 unspecified atom stereocenters. The number of fused-ring (bicyclic) bond motifs is 1. The molecule has 0 aromatic rings. The van der Waals surface area contributed by atoms with Crippen molar-refractivity contribution in [3.05, 3.63) is 0 Å². The van der Waals surface area contributed by atoms with E-state index in [0.29, 0.717) is 6.42 Å². The predicted molar refractivity (Wildman–Crippen MR) is 64.0 cm³/mol. The molecule has 102 valence electrons. The summed E-state index contributed by atoms with van der Waals surface area (Å²) in [4.78, 5) is 11.0. The molecule has 18 heavy (non-hydrogen) atoms. The SMILES string of the molecule is CC(=O)CO[C@H]1C[C@@H](N)[C@@H]2OC3(CCCC3)O[C@@H]21. The normalized spacial score (nSPS) is 41.4. The van der Waals surface area contributed by atoms with Gasteiger partial charge >= 0.3 is 0 Å². The molecule has 0 aromatic heterocycles. The third kappa shape index (κ3) is 2.09. The fraction of sp³-hybridized carbons (Fsp3) is 0.923. The Bertz CT molecular complexity index is 340. The Hall–Kier alpha value is -0.490. The summed E-state index contributed by atoms with van der Waals surface area (Å²) < 4.78 is 17.8. The van der Waals surface area contributed by atoms with Gasteiger partial charge in [-0.15, -0.1) is 0 Å². The number of carbonyl (C=O) groups is 1. The Balaban J connectivity index is 1.67. The van der Waals surface area contributed by atoms with E-state index in [4.69, 9.17) is 19.9 Å². The summed E-state index contributed by atoms with van der Waals surface area (Å²) in [5.41, 5.74) is 6.10. The Labute approximate surface area is 107 Å². The molecule has 2 saturated carbocycles. The maximum Gasteiger partial charge on any atom is 0.169 e. The van der Waals surface area contributed by atoms with Gasteiger partial charge < -0.3 is 19.9 Å². The zero-order valence-corrected chi connectivity index (χ0v) is 10.8. The van der Waals surface area contributed by atoms with Crippen molar-refractivity contribution >= 4 is 5.78 Å². The molecule has 5 nitrogen and oxygen atoms in total. The van der Waals surface area contributed by atoms with Crippen molar-refractivity contribution in [2.75, 3.05) is 6.61 Å². The summed E-state index contributed by atoms with van der Waals surface area (Å²) in [7, 11) is 0. The van der Waals surface area contributed by atoms with E-state index in [9.17, 15) is 4.79 Å². The molecule has 1 saturated heterocycles. The second-order valence-corrected chi connectivity index (χ2v) is 5.73. The van der Waals surface area contributed by atoms with Crippen LogP contribution < -0.4 is 5.73 Å². The number of hydrogen-bond donors (Lipinski definition) is 1. The van der Waals surface area contributed by atoms with Crippen molar-refractivity contribution in [3.8, 4) is 0 Å². The van der Waals surface area contributed by atoms with E-state index in [1.165, 1.54) is 6.92 Å². The highest BCUT2D eigenvalue weighted by Gasteiger charge is 2.57. The van der Waals surface area contributed by atoms with Gasteiger partial charge in [-0.2, -0.15) is 0 Å². The van der Waals surface area contributed by atoms with E-state index >= 15 is 0 Å². The summed E-state index contributed by atoms with van der Waals surface area (Å²) in [6, 6.07) is -0.0491. The van der Waals surface area contributed by atoms with Crippen molar-refractivity contribution in [3.63, 3.8) is 0 Å². The minimum absolute atomic E-state index is 0.0292. The summed E-state index contributed by atoms with van der Waals surface area (Å²) in [5.74, 6) is -0.382. The first kappa shape index (κ1) is 12.5. The van der Waals surface area contributed by atoms with E-state index < -0.39 is 5.79 Å². The van der Waals surface area contributed by atoms with Gasteiger partial charge in [-0.05, 0) is 26.2 Å². The van der Waals surface area contributed by atoms with Crippen molar-refractivity contribution in [1.29, 1.82) is 0 Å². The number of Topliss-reactive ketones (excluding diaryl/α,β-unsaturated/α-hetero) is 1. The molecule has 3 aliphatic rings. The van der Waals surface area contributed by atoms with Crippen molar-refractivity contribution in [2.24, 2.45) is 5.73 Å². The van der Waals surface area contributed by atoms with Crippen LogP contribution in [0.2, 0.25) is 0 Å². The number of carbonyl (C=O) groups excluding carboxylic acids is 1. The summed E-state index contributed by atoms with van der Waals surface area (Å²) in [6.45, 7) is 1.66. The summed E-state index contributed by atoms with van der Waals surface area (Å²) in [6.07, 6.45) is 4.63. The molecule has 0 bridgehead atoms.